The maximum Gasteiger partial charge on any atom is 0.422 e. The average molecular weight is 227 g/mol. The zero-order valence-electron chi connectivity index (χ0n) is 6.78. The smallest absolute Gasteiger partial charge is 0.422 e. The molecule has 1 amide bonds. The summed E-state index contributed by atoms with van der Waals surface area (Å²) in [4.78, 5) is 10.7. The molecule has 0 aliphatic rings. The molecule has 0 radical (unpaired) electrons. The predicted octanol–water partition coefficient (Wildman–Crippen LogP) is 2.02. The Bertz CT molecular complexity index is 484. The molecule has 0 bridgehead atoms. The number of nitrogens with zero attached hydrogens (tertiary/aromatic N) is 3. The summed E-state index contributed by atoms with van der Waals surface area (Å²) in [7, 11) is 0. The first-order chi connectivity index (χ1) is 6.70. The number of rotatable bonds is 1. The van der Waals surface area contributed by atoms with Crippen molar-refractivity contribution in [3.63, 3.8) is 0 Å². The van der Waals surface area contributed by atoms with Crippen LogP contribution < -0.4 is 4.31 Å². The van der Waals surface area contributed by atoms with E-state index >= 15 is 0 Å². The number of amides is 1. The first-order valence-corrected chi connectivity index (χ1v) is 4.80. The fourth-order valence-corrected chi connectivity index (χ4v) is 1.96. The number of thiol groups is 1. The minimum atomic E-state index is -1.13. The topological polar surface area (TPSA) is 66.3 Å². The lowest BCUT2D eigenvalue weighted by atomic mass is 10.3. The van der Waals surface area contributed by atoms with Crippen molar-refractivity contribution in [3.8, 4) is 0 Å². The standard InChI is InChI=1S/C7H5N3O2S2/c11-7(12)10(13)5-3-1-2-4-6(5)14-9-8-4/h1-3,13H,(H,11,12). The van der Waals surface area contributed by atoms with Gasteiger partial charge in [0.15, 0.2) is 0 Å². The van der Waals surface area contributed by atoms with Crippen LogP contribution in [-0.4, -0.2) is 20.8 Å². The zero-order valence-corrected chi connectivity index (χ0v) is 8.50. The van der Waals surface area contributed by atoms with Gasteiger partial charge in [-0.15, -0.1) is 5.10 Å². The maximum absolute atomic E-state index is 10.7. The van der Waals surface area contributed by atoms with E-state index in [2.05, 4.69) is 22.4 Å². The predicted molar refractivity (Wildman–Crippen MR) is 56.9 cm³/mol. The molecular formula is C7H5N3O2S2. The number of aromatic nitrogens is 2. The van der Waals surface area contributed by atoms with E-state index < -0.39 is 6.09 Å². The van der Waals surface area contributed by atoms with Crippen molar-refractivity contribution in [2.24, 2.45) is 0 Å². The molecule has 1 aromatic heterocycles. The Morgan fingerprint density at radius 2 is 2.36 bits per heavy atom. The Kier molecular flexibility index (Phi) is 2.26. The Morgan fingerprint density at radius 1 is 1.57 bits per heavy atom. The van der Waals surface area contributed by atoms with E-state index in [9.17, 15) is 4.79 Å². The summed E-state index contributed by atoms with van der Waals surface area (Å²) in [6.07, 6.45) is -1.13. The van der Waals surface area contributed by atoms with Crippen LogP contribution in [0.4, 0.5) is 10.5 Å². The van der Waals surface area contributed by atoms with E-state index in [4.69, 9.17) is 5.11 Å². The number of carboxylic acid groups (broad SMARTS) is 1. The third-order valence-electron chi connectivity index (χ3n) is 1.66. The summed E-state index contributed by atoms with van der Waals surface area (Å²) in [6, 6.07) is 5.14. The van der Waals surface area contributed by atoms with Crippen LogP contribution in [0.5, 0.6) is 0 Å². The van der Waals surface area contributed by atoms with E-state index in [0.717, 1.165) is 15.8 Å². The van der Waals surface area contributed by atoms with Crippen LogP contribution in [0, 0.1) is 0 Å². The Hall–Kier alpha value is -1.34. The van der Waals surface area contributed by atoms with Crippen LogP contribution in [0.1, 0.15) is 0 Å². The molecule has 0 spiro atoms. The molecule has 1 aromatic carbocycles. The highest BCUT2D eigenvalue weighted by Crippen LogP contribution is 2.29. The van der Waals surface area contributed by atoms with Crippen molar-refractivity contribution in [1.82, 2.24) is 9.59 Å². The van der Waals surface area contributed by atoms with E-state index in [0.29, 0.717) is 15.9 Å². The van der Waals surface area contributed by atoms with Gasteiger partial charge >= 0.3 is 6.09 Å². The lowest BCUT2D eigenvalue weighted by Gasteiger charge is -2.10. The van der Waals surface area contributed by atoms with Crippen molar-refractivity contribution in [1.29, 1.82) is 0 Å². The van der Waals surface area contributed by atoms with Gasteiger partial charge in [0.2, 0.25) is 0 Å². The van der Waals surface area contributed by atoms with Crippen LogP contribution in [0.25, 0.3) is 10.2 Å². The molecule has 7 heteroatoms. The second-order valence-corrected chi connectivity index (χ2v) is 3.65. The minimum absolute atomic E-state index is 0.480. The van der Waals surface area contributed by atoms with Gasteiger partial charge in [0.25, 0.3) is 0 Å². The second kappa shape index (κ2) is 3.43. The van der Waals surface area contributed by atoms with E-state index in [1.807, 2.05) is 0 Å². The summed E-state index contributed by atoms with van der Waals surface area (Å²) < 4.78 is 5.30. The van der Waals surface area contributed by atoms with Crippen LogP contribution in [0.2, 0.25) is 0 Å². The molecule has 72 valence electrons. The monoisotopic (exact) mass is 227 g/mol. The number of fused-ring (bicyclic) bond motifs is 1. The number of anilines is 1. The SMILES string of the molecule is O=C(O)N(S)c1cccc2nnsc12. The highest BCUT2D eigenvalue weighted by molar-refractivity contribution is 7.82. The second-order valence-electron chi connectivity index (χ2n) is 2.49. The van der Waals surface area contributed by atoms with Gasteiger partial charge in [-0.3, -0.25) is 0 Å². The lowest BCUT2D eigenvalue weighted by Crippen LogP contribution is -2.17. The zero-order chi connectivity index (χ0) is 10.1. The van der Waals surface area contributed by atoms with Gasteiger partial charge in [-0.05, 0) is 23.7 Å². The normalized spacial score (nSPS) is 10.4. The van der Waals surface area contributed by atoms with Crippen molar-refractivity contribution in [2.45, 2.75) is 0 Å². The first kappa shape index (κ1) is 9.22. The van der Waals surface area contributed by atoms with Gasteiger partial charge in [0, 0.05) is 0 Å². The summed E-state index contributed by atoms with van der Waals surface area (Å²) in [5.41, 5.74) is 1.15. The molecule has 0 saturated heterocycles. The van der Waals surface area contributed by atoms with Gasteiger partial charge in [-0.2, -0.15) is 0 Å². The molecule has 0 saturated carbocycles. The summed E-state index contributed by atoms with van der Waals surface area (Å²) in [6.45, 7) is 0. The molecule has 2 aromatic rings. The van der Waals surface area contributed by atoms with Gasteiger partial charge in [0.1, 0.15) is 10.2 Å². The van der Waals surface area contributed by atoms with Crippen molar-refractivity contribution >= 4 is 46.3 Å². The molecule has 5 nitrogen and oxygen atoms in total. The van der Waals surface area contributed by atoms with Gasteiger partial charge in [-0.1, -0.05) is 23.4 Å². The van der Waals surface area contributed by atoms with Crippen LogP contribution in [0.15, 0.2) is 18.2 Å². The Balaban J connectivity index is 2.61. The Labute approximate surface area is 88.7 Å². The largest absolute Gasteiger partial charge is 0.464 e. The maximum atomic E-state index is 10.7. The molecule has 0 unspecified atom stereocenters. The highest BCUT2D eigenvalue weighted by atomic mass is 32.1. The number of hydrogen-bond acceptors (Lipinski definition) is 5. The number of hydrogen-bond donors (Lipinski definition) is 2. The number of carbonyl (C=O) groups is 1. The van der Waals surface area contributed by atoms with Crippen molar-refractivity contribution in [3.05, 3.63) is 18.2 Å². The molecule has 0 aliphatic heterocycles. The Morgan fingerprint density at radius 3 is 3.07 bits per heavy atom. The van der Waals surface area contributed by atoms with Gasteiger partial charge in [0.05, 0.1) is 5.69 Å². The fraction of sp³-hybridized carbons (Fsp3) is 0. The highest BCUT2D eigenvalue weighted by Gasteiger charge is 2.14. The van der Waals surface area contributed by atoms with Gasteiger partial charge in [-0.25, -0.2) is 9.10 Å². The lowest BCUT2D eigenvalue weighted by molar-refractivity contribution is 0.206. The molecule has 0 fully saturated rings. The first-order valence-electron chi connectivity index (χ1n) is 3.63. The summed E-state index contributed by atoms with van der Waals surface area (Å²) >= 11 is 4.99. The summed E-state index contributed by atoms with van der Waals surface area (Å²) in [5.74, 6) is 0. The molecule has 1 N–H and O–H groups in total. The summed E-state index contributed by atoms with van der Waals surface area (Å²) in [5, 5.41) is 12.6. The fourth-order valence-electron chi connectivity index (χ4n) is 1.06. The van der Waals surface area contributed by atoms with Gasteiger partial charge < -0.3 is 5.11 Å². The number of benzene rings is 1. The van der Waals surface area contributed by atoms with Crippen LogP contribution in [0.3, 0.4) is 0 Å². The van der Waals surface area contributed by atoms with E-state index in [-0.39, 0.29) is 0 Å². The molecule has 14 heavy (non-hydrogen) atoms. The van der Waals surface area contributed by atoms with Crippen molar-refractivity contribution < 1.29 is 9.90 Å². The van der Waals surface area contributed by atoms with E-state index in [1.54, 1.807) is 18.2 Å². The quantitative estimate of drug-likeness (QED) is 0.731. The minimum Gasteiger partial charge on any atom is -0.464 e. The third-order valence-corrected chi connectivity index (χ3v) is 2.81. The van der Waals surface area contributed by atoms with Crippen LogP contribution in [-0.2, 0) is 0 Å². The average Bonchev–Trinajstić information content (AvgIpc) is 2.63. The van der Waals surface area contributed by atoms with Crippen molar-refractivity contribution in [2.75, 3.05) is 4.31 Å². The molecular weight excluding hydrogens is 222 g/mol. The molecule has 0 atom stereocenters. The third kappa shape index (κ3) is 1.40. The van der Waals surface area contributed by atoms with E-state index in [1.165, 1.54) is 0 Å². The van der Waals surface area contributed by atoms with Crippen LogP contribution >= 0.6 is 24.3 Å². The molecule has 1 heterocycles. The molecule has 2 rings (SSSR count). The molecule has 0 aliphatic carbocycles.